The van der Waals surface area contributed by atoms with Gasteiger partial charge in [0, 0.05) is 11.3 Å². The van der Waals surface area contributed by atoms with Crippen molar-refractivity contribution in [3.63, 3.8) is 0 Å². The number of hydrogen-bond donors (Lipinski definition) is 2. The molecule has 1 amide bonds. The van der Waals surface area contributed by atoms with Gasteiger partial charge in [0.05, 0.1) is 10.5 Å². The number of benzene rings is 2. The molecule has 0 spiro atoms. The summed E-state index contributed by atoms with van der Waals surface area (Å²) >= 11 is 1.67. The Balaban J connectivity index is 1.87. The number of carbonyl (C=O) groups excluding carboxylic acids is 1. The van der Waals surface area contributed by atoms with E-state index in [9.17, 15) is 4.79 Å². The van der Waals surface area contributed by atoms with Crippen LogP contribution in [0.4, 0.5) is 5.82 Å². The number of carbonyl (C=O) groups is 1. The highest BCUT2D eigenvalue weighted by Crippen LogP contribution is 2.45. The Morgan fingerprint density at radius 2 is 1.91 bits per heavy atom. The second-order valence-electron chi connectivity index (χ2n) is 5.87. The second kappa shape index (κ2) is 5.42. The molecule has 2 unspecified atom stereocenters. The monoisotopic (exact) mass is 323 g/mol. The van der Waals surface area contributed by atoms with Crippen LogP contribution in [0.15, 0.2) is 42.5 Å². The minimum atomic E-state index is -0.125. The van der Waals surface area contributed by atoms with Crippen molar-refractivity contribution in [2.45, 2.75) is 24.3 Å². The van der Waals surface area contributed by atoms with Crippen LogP contribution < -0.4 is 5.32 Å². The third kappa shape index (κ3) is 2.41. The third-order valence-corrected chi connectivity index (χ3v) is 5.69. The van der Waals surface area contributed by atoms with Crippen molar-refractivity contribution in [1.29, 1.82) is 0 Å². The Labute approximate surface area is 138 Å². The van der Waals surface area contributed by atoms with Gasteiger partial charge >= 0.3 is 0 Å². The fourth-order valence-corrected chi connectivity index (χ4v) is 4.34. The van der Waals surface area contributed by atoms with Gasteiger partial charge in [-0.05, 0) is 36.2 Å². The van der Waals surface area contributed by atoms with E-state index >= 15 is 0 Å². The Morgan fingerprint density at radius 1 is 1.13 bits per heavy atom. The topological polar surface area (TPSA) is 57.8 Å². The van der Waals surface area contributed by atoms with Gasteiger partial charge in [0.15, 0.2) is 5.82 Å². The molecule has 0 fully saturated rings. The summed E-state index contributed by atoms with van der Waals surface area (Å²) in [5.41, 5.74) is 3.27. The van der Waals surface area contributed by atoms with Crippen LogP contribution in [0.1, 0.15) is 29.0 Å². The number of aryl methyl sites for hydroxylation is 1. The van der Waals surface area contributed by atoms with Crippen LogP contribution >= 0.6 is 11.8 Å². The highest BCUT2D eigenvalue weighted by Gasteiger charge is 2.32. The van der Waals surface area contributed by atoms with Gasteiger partial charge < -0.3 is 5.32 Å². The summed E-state index contributed by atoms with van der Waals surface area (Å²) in [6.45, 7) is 3.95. The number of aromatic nitrogens is 2. The van der Waals surface area contributed by atoms with Crippen LogP contribution in [0.25, 0.3) is 10.8 Å². The standard InChI is InChI=1S/C18H17N3OS/c1-10-15-16(23-11(2)18(22)19-17(15)21-20-10)14-8-7-12-5-3-4-6-13(12)9-14/h3-9,11,16H,1-2H3,(H2,19,20,21,22). The number of nitrogens with one attached hydrogen (secondary N) is 2. The number of amides is 1. The molecule has 5 heteroatoms. The fourth-order valence-electron chi connectivity index (χ4n) is 3.02. The smallest absolute Gasteiger partial charge is 0.238 e. The number of H-pyrrole nitrogens is 1. The van der Waals surface area contributed by atoms with Crippen LogP contribution in [0.2, 0.25) is 0 Å². The second-order valence-corrected chi connectivity index (χ2v) is 7.32. The number of hydrogen-bond acceptors (Lipinski definition) is 3. The van der Waals surface area contributed by atoms with E-state index in [1.165, 1.54) is 16.3 Å². The van der Waals surface area contributed by atoms with Gasteiger partial charge in [-0.2, -0.15) is 5.10 Å². The van der Waals surface area contributed by atoms with Crippen molar-refractivity contribution in [1.82, 2.24) is 10.2 Å². The number of anilines is 1. The molecule has 2 atom stereocenters. The van der Waals surface area contributed by atoms with E-state index in [4.69, 9.17) is 0 Å². The Morgan fingerprint density at radius 3 is 2.74 bits per heavy atom. The normalized spacial score (nSPS) is 20.9. The Hall–Kier alpha value is -2.27. The Kier molecular flexibility index (Phi) is 3.38. The molecule has 0 radical (unpaired) electrons. The maximum absolute atomic E-state index is 12.2. The van der Waals surface area contributed by atoms with Crippen molar-refractivity contribution in [2.75, 3.05) is 5.32 Å². The maximum atomic E-state index is 12.2. The molecule has 0 saturated carbocycles. The van der Waals surface area contributed by atoms with Crippen molar-refractivity contribution >= 4 is 34.3 Å². The van der Waals surface area contributed by atoms with E-state index in [0.717, 1.165) is 11.3 Å². The van der Waals surface area contributed by atoms with Crippen molar-refractivity contribution in [3.05, 3.63) is 59.3 Å². The first-order valence-electron chi connectivity index (χ1n) is 7.63. The van der Waals surface area contributed by atoms with E-state index in [1.54, 1.807) is 11.8 Å². The molecule has 2 N–H and O–H groups in total. The zero-order valence-corrected chi connectivity index (χ0v) is 13.8. The molecule has 0 saturated heterocycles. The van der Waals surface area contributed by atoms with E-state index in [-0.39, 0.29) is 16.4 Å². The maximum Gasteiger partial charge on any atom is 0.238 e. The highest BCUT2D eigenvalue weighted by molar-refractivity contribution is 8.01. The summed E-state index contributed by atoms with van der Waals surface area (Å²) in [6.07, 6.45) is 0. The van der Waals surface area contributed by atoms with Gasteiger partial charge in [0.2, 0.25) is 5.91 Å². The predicted molar refractivity (Wildman–Crippen MR) is 94.8 cm³/mol. The molecule has 116 valence electrons. The quantitative estimate of drug-likeness (QED) is 0.711. The largest absolute Gasteiger partial charge is 0.308 e. The van der Waals surface area contributed by atoms with Gasteiger partial charge in [0.25, 0.3) is 0 Å². The molecular weight excluding hydrogens is 306 g/mol. The van der Waals surface area contributed by atoms with E-state index in [0.29, 0.717) is 5.82 Å². The summed E-state index contributed by atoms with van der Waals surface area (Å²) in [4.78, 5) is 12.2. The van der Waals surface area contributed by atoms with Crippen LogP contribution in [-0.4, -0.2) is 21.4 Å². The van der Waals surface area contributed by atoms with Gasteiger partial charge in [-0.25, -0.2) is 0 Å². The lowest BCUT2D eigenvalue weighted by atomic mass is 10.0. The van der Waals surface area contributed by atoms with Crippen molar-refractivity contribution in [3.8, 4) is 0 Å². The van der Waals surface area contributed by atoms with Crippen molar-refractivity contribution in [2.24, 2.45) is 0 Å². The summed E-state index contributed by atoms with van der Waals surface area (Å²) in [5.74, 6) is 0.661. The number of fused-ring (bicyclic) bond motifs is 2. The minimum Gasteiger partial charge on any atom is -0.308 e. The molecule has 23 heavy (non-hydrogen) atoms. The Bertz CT molecular complexity index is 902. The van der Waals surface area contributed by atoms with Crippen LogP contribution in [-0.2, 0) is 4.79 Å². The van der Waals surface area contributed by atoms with Gasteiger partial charge in [0.1, 0.15) is 0 Å². The molecule has 1 aliphatic rings. The summed E-state index contributed by atoms with van der Waals surface area (Å²) in [5, 5.41) is 12.6. The molecule has 1 aromatic heterocycles. The first-order valence-corrected chi connectivity index (χ1v) is 8.57. The minimum absolute atomic E-state index is 0.00559. The van der Waals surface area contributed by atoms with Crippen LogP contribution in [0, 0.1) is 6.92 Å². The van der Waals surface area contributed by atoms with Crippen LogP contribution in [0.5, 0.6) is 0 Å². The molecule has 1 aliphatic heterocycles. The third-order valence-electron chi connectivity index (χ3n) is 4.28. The summed E-state index contributed by atoms with van der Waals surface area (Å²) in [6, 6.07) is 14.8. The number of aromatic amines is 1. The van der Waals surface area contributed by atoms with Gasteiger partial charge in [-0.15, -0.1) is 11.8 Å². The lowest BCUT2D eigenvalue weighted by Crippen LogP contribution is -2.21. The summed E-state index contributed by atoms with van der Waals surface area (Å²) < 4.78 is 0. The number of rotatable bonds is 1. The first-order chi connectivity index (χ1) is 11.1. The van der Waals surface area contributed by atoms with E-state index in [2.05, 4.69) is 51.9 Å². The predicted octanol–water partition coefficient (Wildman–Crippen LogP) is 4.03. The summed E-state index contributed by atoms with van der Waals surface area (Å²) in [7, 11) is 0. The van der Waals surface area contributed by atoms with E-state index in [1.807, 2.05) is 19.9 Å². The van der Waals surface area contributed by atoms with Gasteiger partial charge in [-0.1, -0.05) is 36.4 Å². The molecular formula is C18H17N3OS. The molecule has 0 bridgehead atoms. The van der Waals surface area contributed by atoms with Gasteiger partial charge in [-0.3, -0.25) is 9.89 Å². The number of thioether (sulfide) groups is 1. The zero-order chi connectivity index (χ0) is 16.0. The average Bonchev–Trinajstić information content (AvgIpc) is 2.86. The molecule has 2 heterocycles. The van der Waals surface area contributed by atoms with Crippen LogP contribution in [0.3, 0.4) is 0 Å². The lowest BCUT2D eigenvalue weighted by molar-refractivity contribution is -0.115. The molecule has 4 rings (SSSR count). The molecule has 3 aromatic rings. The molecule has 4 nitrogen and oxygen atoms in total. The number of nitrogens with zero attached hydrogens (tertiary/aromatic N) is 1. The first kappa shape index (κ1) is 14.3. The zero-order valence-electron chi connectivity index (χ0n) is 13.0. The average molecular weight is 323 g/mol. The molecule has 2 aromatic carbocycles. The lowest BCUT2D eigenvalue weighted by Gasteiger charge is -2.18. The SMILES string of the molecule is Cc1[nH]nc2c1C(c1ccc3ccccc3c1)SC(C)C(=O)N2. The highest BCUT2D eigenvalue weighted by atomic mass is 32.2. The van der Waals surface area contributed by atoms with Crippen molar-refractivity contribution < 1.29 is 4.79 Å². The van der Waals surface area contributed by atoms with E-state index < -0.39 is 0 Å². The molecule has 0 aliphatic carbocycles. The fraction of sp³-hybridized carbons (Fsp3) is 0.222.